The predicted octanol–water partition coefficient (Wildman–Crippen LogP) is 3.05. The van der Waals surface area contributed by atoms with E-state index in [0.717, 1.165) is 25.8 Å². The largest absolute Gasteiger partial charge is 0.460 e. The highest BCUT2D eigenvalue weighted by molar-refractivity contribution is 5.69. The third kappa shape index (κ3) is 7.25. The van der Waals surface area contributed by atoms with E-state index in [1.807, 2.05) is 20.8 Å². The monoisotopic (exact) mass is 285 g/mol. The molecule has 2 unspecified atom stereocenters. The van der Waals surface area contributed by atoms with Gasteiger partial charge in [0, 0.05) is 19.6 Å². The van der Waals surface area contributed by atoms with Crippen molar-refractivity contribution in [3.63, 3.8) is 0 Å². The van der Waals surface area contributed by atoms with Crippen LogP contribution in [0.1, 0.15) is 65.7 Å². The lowest BCUT2D eigenvalue weighted by Gasteiger charge is -2.20. The number of ether oxygens (including phenoxy) is 2. The molecule has 1 aliphatic carbocycles. The van der Waals surface area contributed by atoms with E-state index in [0.29, 0.717) is 18.6 Å². The Bertz CT molecular complexity index is 286. The summed E-state index contributed by atoms with van der Waals surface area (Å²) in [5.41, 5.74) is -0.365. The van der Waals surface area contributed by atoms with Crippen LogP contribution in [-0.4, -0.2) is 37.4 Å². The normalized spacial score (nSPS) is 23.0. The molecule has 4 nitrogen and oxygen atoms in total. The zero-order valence-electron chi connectivity index (χ0n) is 13.5. The molecule has 1 saturated carbocycles. The number of hydrogen-bond donors (Lipinski definition) is 1. The smallest absolute Gasteiger partial charge is 0.306 e. The molecule has 0 aromatic carbocycles. The van der Waals surface area contributed by atoms with Gasteiger partial charge in [-0.2, -0.15) is 0 Å². The van der Waals surface area contributed by atoms with E-state index < -0.39 is 0 Å². The number of carbonyl (C=O) groups excluding carboxylic acids is 1. The first kappa shape index (κ1) is 17.4. The summed E-state index contributed by atoms with van der Waals surface area (Å²) in [4.78, 5) is 11.5. The fourth-order valence-corrected chi connectivity index (χ4v) is 2.69. The molecule has 118 valence electrons. The summed E-state index contributed by atoms with van der Waals surface area (Å²) in [5, 5.41) is 3.57. The van der Waals surface area contributed by atoms with E-state index in [9.17, 15) is 4.79 Å². The minimum absolute atomic E-state index is 0.0827. The van der Waals surface area contributed by atoms with Crippen molar-refractivity contribution in [1.82, 2.24) is 5.32 Å². The van der Waals surface area contributed by atoms with Crippen molar-refractivity contribution in [3.05, 3.63) is 0 Å². The summed E-state index contributed by atoms with van der Waals surface area (Å²) in [6, 6.07) is 0.519. The SMILES string of the molecule is COC1CCCC1NCCCCCC(=O)OC(C)(C)C. The lowest BCUT2D eigenvalue weighted by atomic mass is 10.1. The fourth-order valence-electron chi connectivity index (χ4n) is 2.69. The second-order valence-electron chi connectivity index (χ2n) is 6.66. The van der Waals surface area contributed by atoms with Crippen molar-refractivity contribution in [2.45, 2.75) is 83.5 Å². The lowest BCUT2D eigenvalue weighted by Crippen LogP contribution is -2.37. The van der Waals surface area contributed by atoms with Gasteiger partial charge in [-0.05, 0) is 59.4 Å². The summed E-state index contributed by atoms with van der Waals surface area (Å²) < 4.78 is 10.7. The van der Waals surface area contributed by atoms with Crippen molar-refractivity contribution in [2.75, 3.05) is 13.7 Å². The molecule has 0 radical (unpaired) electrons. The van der Waals surface area contributed by atoms with E-state index in [2.05, 4.69) is 5.32 Å². The van der Waals surface area contributed by atoms with Gasteiger partial charge < -0.3 is 14.8 Å². The first-order valence-corrected chi connectivity index (χ1v) is 7.90. The van der Waals surface area contributed by atoms with Crippen molar-refractivity contribution in [3.8, 4) is 0 Å². The lowest BCUT2D eigenvalue weighted by molar-refractivity contribution is -0.154. The Hall–Kier alpha value is -0.610. The summed E-state index contributed by atoms with van der Waals surface area (Å²) in [7, 11) is 1.80. The number of methoxy groups -OCH3 is 1. The molecule has 0 heterocycles. The Morgan fingerprint density at radius 3 is 2.60 bits per heavy atom. The van der Waals surface area contributed by atoms with E-state index in [4.69, 9.17) is 9.47 Å². The van der Waals surface area contributed by atoms with Gasteiger partial charge in [-0.25, -0.2) is 0 Å². The molecule has 1 N–H and O–H groups in total. The Morgan fingerprint density at radius 1 is 1.20 bits per heavy atom. The van der Waals surface area contributed by atoms with Gasteiger partial charge in [0.15, 0.2) is 0 Å². The average molecular weight is 285 g/mol. The maximum Gasteiger partial charge on any atom is 0.306 e. The number of carbonyl (C=O) groups is 1. The molecule has 20 heavy (non-hydrogen) atoms. The fraction of sp³-hybridized carbons (Fsp3) is 0.938. The van der Waals surface area contributed by atoms with Crippen molar-refractivity contribution in [2.24, 2.45) is 0 Å². The summed E-state index contributed by atoms with van der Waals surface area (Å²) in [5.74, 6) is -0.0827. The van der Waals surface area contributed by atoms with Crippen LogP contribution in [0.3, 0.4) is 0 Å². The van der Waals surface area contributed by atoms with Crippen LogP contribution in [0.5, 0.6) is 0 Å². The Morgan fingerprint density at radius 2 is 1.95 bits per heavy atom. The molecule has 0 saturated heterocycles. The van der Waals surface area contributed by atoms with E-state index in [-0.39, 0.29) is 11.6 Å². The molecular formula is C16H31NO3. The minimum Gasteiger partial charge on any atom is -0.460 e. The maximum atomic E-state index is 11.5. The quantitative estimate of drug-likeness (QED) is 0.550. The van der Waals surface area contributed by atoms with Gasteiger partial charge >= 0.3 is 5.97 Å². The van der Waals surface area contributed by atoms with Crippen LogP contribution in [0.2, 0.25) is 0 Å². The number of hydrogen-bond acceptors (Lipinski definition) is 4. The van der Waals surface area contributed by atoms with Crippen LogP contribution in [0.25, 0.3) is 0 Å². The molecule has 0 aromatic heterocycles. The van der Waals surface area contributed by atoms with Gasteiger partial charge in [0.1, 0.15) is 5.60 Å². The van der Waals surface area contributed by atoms with Crippen LogP contribution < -0.4 is 5.32 Å². The second kappa shape index (κ2) is 8.63. The van der Waals surface area contributed by atoms with Crippen LogP contribution in [0.4, 0.5) is 0 Å². The average Bonchev–Trinajstić information content (AvgIpc) is 2.78. The highest BCUT2D eigenvalue weighted by Gasteiger charge is 2.26. The second-order valence-corrected chi connectivity index (χ2v) is 6.66. The van der Waals surface area contributed by atoms with E-state index in [1.54, 1.807) is 7.11 Å². The summed E-state index contributed by atoms with van der Waals surface area (Å²) in [6.07, 6.45) is 7.65. The molecule has 1 aliphatic rings. The molecular weight excluding hydrogens is 254 g/mol. The Kier molecular flexibility index (Phi) is 7.52. The molecule has 0 aromatic rings. The molecule has 0 spiro atoms. The van der Waals surface area contributed by atoms with Crippen molar-refractivity contribution >= 4 is 5.97 Å². The van der Waals surface area contributed by atoms with Gasteiger partial charge in [0.2, 0.25) is 0 Å². The molecule has 0 bridgehead atoms. The first-order chi connectivity index (χ1) is 9.42. The van der Waals surface area contributed by atoms with Crippen LogP contribution in [-0.2, 0) is 14.3 Å². The van der Waals surface area contributed by atoms with Gasteiger partial charge in [-0.3, -0.25) is 4.79 Å². The van der Waals surface area contributed by atoms with Crippen molar-refractivity contribution < 1.29 is 14.3 Å². The number of esters is 1. The third-order valence-corrected chi connectivity index (χ3v) is 3.64. The summed E-state index contributed by atoms with van der Waals surface area (Å²) >= 11 is 0. The van der Waals surface area contributed by atoms with Gasteiger partial charge in [0.25, 0.3) is 0 Å². The number of nitrogens with one attached hydrogen (secondary N) is 1. The number of unbranched alkanes of at least 4 members (excludes halogenated alkanes) is 2. The summed E-state index contributed by atoms with van der Waals surface area (Å²) in [6.45, 7) is 6.73. The van der Waals surface area contributed by atoms with Gasteiger partial charge in [0.05, 0.1) is 6.10 Å². The molecule has 4 heteroatoms. The van der Waals surface area contributed by atoms with E-state index >= 15 is 0 Å². The Labute approximate surface area is 123 Å². The van der Waals surface area contributed by atoms with Crippen LogP contribution in [0, 0.1) is 0 Å². The molecule has 0 aliphatic heterocycles. The maximum absolute atomic E-state index is 11.5. The molecule has 1 fully saturated rings. The predicted molar refractivity (Wildman–Crippen MR) is 80.8 cm³/mol. The van der Waals surface area contributed by atoms with Crippen LogP contribution in [0.15, 0.2) is 0 Å². The minimum atomic E-state index is -0.365. The van der Waals surface area contributed by atoms with Gasteiger partial charge in [-0.15, -0.1) is 0 Å². The van der Waals surface area contributed by atoms with Crippen molar-refractivity contribution in [1.29, 1.82) is 0 Å². The van der Waals surface area contributed by atoms with Gasteiger partial charge in [-0.1, -0.05) is 6.42 Å². The zero-order chi connectivity index (χ0) is 15.0. The molecule has 0 amide bonds. The molecule has 1 rings (SSSR count). The Balaban J connectivity index is 1.98. The highest BCUT2D eigenvalue weighted by atomic mass is 16.6. The third-order valence-electron chi connectivity index (χ3n) is 3.64. The standard InChI is InChI=1S/C16H31NO3/c1-16(2,3)20-15(18)11-6-5-7-12-17-13-9-8-10-14(13)19-4/h13-14,17H,5-12H2,1-4H3. The van der Waals surface area contributed by atoms with Crippen LogP contribution >= 0.6 is 0 Å². The van der Waals surface area contributed by atoms with E-state index in [1.165, 1.54) is 19.3 Å². The zero-order valence-corrected chi connectivity index (χ0v) is 13.5. The molecule has 2 atom stereocenters. The topological polar surface area (TPSA) is 47.6 Å². The first-order valence-electron chi connectivity index (χ1n) is 7.90. The highest BCUT2D eigenvalue weighted by Crippen LogP contribution is 2.21. The number of rotatable bonds is 8.